The van der Waals surface area contributed by atoms with E-state index in [-0.39, 0.29) is 5.91 Å². The van der Waals surface area contributed by atoms with Gasteiger partial charge in [0, 0.05) is 13.1 Å². The Balaban J connectivity index is 2.06. The highest BCUT2D eigenvalue weighted by molar-refractivity contribution is 7.14. The number of likely N-dealkylation sites (tertiary alicyclic amines) is 1. The topological polar surface area (TPSA) is 57.3 Å². The van der Waals surface area contributed by atoms with Gasteiger partial charge in [0.1, 0.15) is 15.7 Å². The van der Waals surface area contributed by atoms with Gasteiger partial charge in [-0.2, -0.15) is 0 Å². The average molecular weight is 339 g/mol. The van der Waals surface area contributed by atoms with E-state index >= 15 is 0 Å². The van der Waals surface area contributed by atoms with E-state index < -0.39 is 0 Å². The fourth-order valence-electron chi connectivity index (χ4n) is 2.64. The van der Waals surface area contributed by atoms with Crippen LogP contribution in [-0.4, -0.2) is 42.0 Å². The molecule has 23 heavy (non-hydrogen) atoms. The Morgan fingerprint density at radius 2 is 2.04 bits per heavy atom. The number of hydrogen-bond acceptors (Lipinski definition) is 5. The number of rotatable bonds is 8. The summed E-state index contributed by atoms with van der Waals surface area (Å²) >= 11 is 1.54. The molecule has 0 saturated carbocycles. The summed E-state index contributed by atoms with van der Waals surface area (Å²) in [5.74, 6) is 1.21. The van der Waals surface area contributed by atoms with Crippen LogP contribution in [0.3, 0.4) is 0 Å². The molecule has 1 aromatic rings. The van der Waals surface area contributed by atoms with Crippen LogP contribution in [0.4, 0.5) is 5.82 Å². The Kier molecular flexibility index (Phi) is 7.30. The van der Waals surface area contributed by atoms with Crippen LogP contribution in [-0.2, 0) is 6.54 Å². The lowest BCUT2D eigenvalue weighted by Crippen LogP contribution is -2.29. The molecule has 2 N–H and O–H groups in total. The third kappa shape index (κ3) is 5.77. The van der Waals surface area contributed by atoms with Gasteiger partial charge < -0.3 is 10.6 Å². The van der Waals surface area contributed by atoms with Gasteiger partial charge in [-0.1, -0.05) is 27.2 Å². The molecule has 1 amide bonds. The Morgan fingerprint density at radius 1 is 1.30 bits per heavy atom. The molecule has 0 spiro atoms. The lowest BCUT2D eigenvalue weighted by Gasteiger charge is -2.25. The van der Waals surface area contributed by atoms with Gasteiger partial charge in [-0.05, 0) is 38.3 Å². The highest BCUT2D eigenvalue weighted by atomic mass is 32.1. The lowest BCUT2D eigenvalue weighted by molar-refractivity contribution is 0.0953. The van der Waals surface area contributed by atoms with Crippen molar-refractivity contribution in [2.75, 3.05) is 31.5 Å². The Hall–Kier alpha value is -1.14. The molecule has 0 unspecified atom stereocenters. The Morgan fingerprint density at radius 3 is 2.70 bits per heavy atom. The van der Waals surface area contributed by atoms with E-state index in [2.05, 4.69) is 36.3 Å². The predicted molar refractivity (Wildman–Crippen MR) is 97.2 cm³/mol. The predicted octanol–water partition coefficient (Wildman–Crippen LogP) is 3.34. The maximum atomic E-state index is 12.4. The summed E-state index contributed by atoms with van der Waals surface area (Å²) < 4.78 is 0. The van der Waals surface area contributed by atoms with Crippen LogP contribution in [0.15, 0.2) is 0 Å². The normalized spacial score (nSPS) is 15.8. The summed E-state index contributed by atoms with van der Waals surface area (Å²) in [6, 6.07) is 0. The molecule has 0 aliphatic carbocycles. The van der Waals surface area contributed by atoms with Crippen molar-refractivity contribution in [3.63, 3.8) is 0 Å². The van der Waals surface area contributed by atoms with E-state index in [0.29, 0.717) is 12.5 Å². The SMILES string of the molecule is CCCNc1nc(CN2CCCCC2)sc1C(=O)NCC(C)C. The second-order valence-electron chi connectivity index (χ2n) is 6.65. The Labute approximate surface area is 143 Å². The van der Waals surface area contributed by atoms with Gasteiger partial charge in [-0.3, -0.25) is 9.69 Å². The van der Waals surface area contributed by atoms with E-state index in [1.807, 2.05) is 0 Å². The molecule has 0 bridgehead atoms. The number of piperidine rings is 1. The van der Waals surface area contributed by atoms with Crippen molar-refractivity contribution in [1.82, 2.24) is 15.2 Å². The molecule has 1 aliphatic rings. The molecule has 1 aliphatic heterocycles. The van der Waals surface area contributed by atoms with Crippen LogP contribution in [0.25, 0.3) is 0 Å². The number of aromatic nitrogens is 1. The number of carbonyl (C=O) groups is 1. The van der Waals surface area contributed by atoms with E-state index in [1.54, 1.807) is 0 Å². The monoisotopic (exact) mass is 338 g/mol. The minimum absolute atomic E-state index is 0.000280. The summed E-state index contributed by atoms with van der Waals surface area (Å²) in [7, 11) is 0. The first kappa shape index (κ1) is 18.2. The molecule has 1 saturated heterocycles. The number of carbonyl (C=O) groups excluding carboxylic acids is 1. The number of hydrogen-bond donors (Lipinski definition) is 2. The van der Waals surface area contributed by atoms with Crippen LogP contribution in [0, 0.1) is 5.92 Å². The zero-order chi connectivity index (χ0) is 16.7. The molecule has 1 aromatic heterocycles. The standard InChI is InChI=1S/C17H30N4OS/c1-4-8-18-16-15(17(22)19-11-13(2)3)23-14(20-16)12-21-9-6-5-7-10-21/h13,18H,4-12H2,1-3H3,(H,19,22). The first-order valence-electron chi connectivity index (χ1n) is 8.84. The van der Waals surface area contributed by atoms with Crippen LogP contribution in [0.1, 0.15) is 61.1 Å². The molecule has 0 radical (unpaired) electrons. The number of nitrogens with one attached hydrogen (secondary N) is 2. The second-order valence-corrected chi connectivity index (χ2v) is 7.74. The molecule has 6 heteroatoms. The molecule has 5 nitrogen and oxygen atoms in total. The maximum absolute atomic E-state index is 12.4. The van der Waals surface area contributed by atoms with E-state index in [4.69, 9.17) is 4.98 Å². The molecular weight excluding hydrogens is 308 g/mol. The summed E-state index contributed by atoms with van der Waals surface area (Å²) in [5, 5.41) is 7.36. The fourth-order valence-corrected chi connectivity index (χ4v) is 3.63. The molecule has 130 valence electrons. The maximum Gasteiger partial charge on any atom is 0.265 e. The minimum Gasteiger partial charge on any atom is -0.369 e. The Bertz CT molecular complexity index is 495. The van der Waals surface area contributed by atoms with Gasteiger partial charge >= 0.3 is 0 Å². The van der Waals surface area contributed by atoms with E-state index in [9.17, 15) is 4.79 Å². The first-order chi connectivity index (χ1) is 11.1. The molecule has 1 fully saturated rings. The zero-order valence-electron chi connectivity index (χ0n) is 14.7. The third-order valence-corrected chi connectivity index (χ3v) is 4.94. The van der Waals surface area contributed by atoms with Crippen LogP contribution < -0.4 is 10.6 Å². The first-order valence-corrected chi connectivity index (χ1v) is 9.66. The number of anilines is 1. The van der Waals surface area contributed by atoms with Crippen molar-refractivity contribution >= 4 is 23.1 Å². The highest BCUT2D eigenvalue weighted by Gasteiger charge is 2.20. The molecule has 2 rings (SSSR count). The molecule has 0 atom stereocenters. The highest BCUT2D eigenvalue weighted by Crippen LogP contribution is 2.25. The van der Waals surface area contributed by atoms with Gasteiger partial charge in [0.15, 0.2) is 0 Å². The number of nitrogens with zero attached hydrogens (tertiary/aromatic N) is 2. The molecule has 0 aromatic carbocycles. The van der Waals surface area contributed by atoms with Gasteiger partial charge in [0.05, 0.1) is 6.54 Å². The fraction of sp³-hybridized carbons (Fsp3) is 0.765. The van der Waals surface area contributed by atoms with Gasteiger partial charge in [-0.25, -0.2) is 4.98 Å². The van der Waals surface area contributed by atoms with Gasteiger partial charge in [0.25, 0.3) is 5.91 Å². The zero-order valence-corrected chi connectivity index (χ0v) is 15.5. The van der Waals surface area contributed by atoms with Gasteiger partial charge in [-0.15, -0.1) is 11.3 Å². The number of amides is 1. The van der Waals surface area contributed by atoms with Crippen LogP contribution in [0.5, 0.6) is 0 Å². The van der Waals surface area contributed by atoms with E-state index in [0.717, 1.165) is 48.3 Å². The summed E-state index contributed by atoms with van der Waals surface area (Å²) in [6.45, 7) is 11.0. The summed E-state index contributed by atoms with van der Waals surface area (Å²) in [6.07, 6.45) is 4.90. The second kappa shape index (κ2) is 9.23. The van der Waals surface area contributed by atoms with Crippen LogP contribution in [0.2, 0.25) is 0 Å². The van der Waals surface area contributed by atoms with Crippen molar-refractivity contribution in [2.45, 2.75) is 53.0 Å². The summed E-state index contributed by atoms with van der Waals surface area (Å²) in [4.78, 5) is 20.3. The summed E-state index contributed by atoms with van der Waals surface area (Å²) in [5.41, 5.74) is 0. The van der Waals surface area contributed by atoms with Crippen molar-refractivity contribution < 1.29 is 4.79 Å². The van der Waals surface area contributed by atoms with Crippen molar-refractivity contribution in [3.05, 3.63) is 9.88 Å². The molecular formula is C17H30N4OS. The minimum atomic E-state index is -0.000280. The van der Waals surface area contributed by atoms with Gasteiger partial charge in [0.2, 0.25) is 0 Å². The van der Waals surface area contributed by atoms with E-state index in [1.165, 1.54) is 30.6 Å². The number of thiazole rings is 1. The largest absolute Gasteiger partial charge is 0.369 e. The van der Waals surface area contributed by atoms with Crippen LogP contribution >= 0.6 is 11.3 Å². The van der Waals surface area contributed by atoms with Crippen molar-refractivity contribution in [2.24, 2.45) is 5.92 Å². The smallest absolute Gasteiger partial charge is 0.265 e. The molecule has 2 heterocycles. The van der Waals surface area contributed by atoms with Crippen molar-refractivity contribution in [1.29, 1.82) is 0 Å². The van der Waals surface area contributed by atoms with Crippen molar-refractivity contribution in [3.8, 4) is 0 Å². The third-order valence-electron chi connectivity index (χ3n) is 3.90. The quantitative estimate of drug-likeness (QED) is 0.763. The average Bonchev–Trinajstić information content (AvgIpc) is 2.94. The lowest BCUT2D eigenvalue weighted by atomic mass is 10.1.